The predicted molar refractivity (Wildman–Crippen MR) is 110 cm³/mol. The quantitative estimate of drug-likeness (QED) is 0.383. The highest BCUT2D eigenvalue weighted by Gasteiger charge is 2.31. The standard InChI is InChI=1S/C19H32N3O2PSi/c1-13(2)22(14(3)4)21(25(23)24)12-18(11-20)17(7)26-19-10-8-9-15(5)16(19)6/h8-10,13-14,17-18,23-24H,12H2,1-7H3. The molecule has 0 saturated heterocycles. The van der Waals surface area contributed by atoms with Gasteiger partial charge in [-0.2, -0.15) is 10.0 Å². The van der Waals surface area contributed by atoms with Crippen molar-refractivity contribution in [1.29, 1.82) is 5.26 Å². The summed E-state index contributed by atoms with van der Waals surface area (Å²) in [7, 11) is -1.78. The summed E-state index contributed by atoms with van der Waals surface area (Å²) in [5.41, 5.74) is 2.68. The Labute approximate surface area is 162 Å². The first kappa shape index (κ1) is 23.2. The Hall–Kier alpha value is -0.803. The highest BCUT2D eigenvalue weighted by molar-refractivity contribution is 7.42. The fraction of sp³-hybridized carbons (Fsp3) is 0.632. The molecule has 2 radical (unpaired) electrons. The van der Waals surface area contributed by atoms with Crippen LogP contribution in [0, 0.1) is 31.1 Å². The molecule has 2 atom stereocenters. The molecule has 2 N–H and O–H groups in total. The van der Waals surface area contributed by atoms with Crippen molar-refractivity contribution >= 4 is 23.2 Å². The van der Waals surface area contributed by atoms with Crippen molar-refractivity contribution < 1.29 is 9.79 Å². The van der Waals surface area contributed by atoms with Crippen molar-refractivity contribution in [2.24, 2.45) is 5.92 Å². The SMILES string of the molecule is Cc1cccc([Si]C(C)C(C#N)CN(N(C(C)C)C(C)C)P(O)O)c1C. The molecule has 26 heavy (non-hydrogen) atoms. The molecule has 0 fully saturated rings. The normalized spacial score (nSPS) is 14.5. The van der Waals surface area contributed by atoms with Gasteiger partial charge in [-0.3, -0.25) is 0 Å². The molecule has 2 unspecified atom stereocenters. The van der Waals surface area contributed by atoms with Gasteiger partial charge in [0.1, 0.15) is 0 Å². The third kappa shape index (κ3) is 6.13. The topological polar surface area (TPSA) is 70.7 Å². The van der Waals surface area contributed by atoms with E-state index in [1.807, 2.05) is 32.7 Å². The first-order valence-corrected chi connectivity index (χ1v) is 11.3. The Morgan fingerprint density at radius 2 is 1.69 bits per heavy atom. The van der Waals surface area contributed by atoms with Crippen LogP contribution in [0.5, 0.6) is 0 Å². The molecule has 7 heteroatoms. The van der Waals surface area contributed by atoms with E-state index in [9.17, 15) is 15.0 Å². The van der Waals surface area contributed by atoms with Crippen LogP contribution >= 0.6 is 8.53 Å². The van der Waals surface area contributed by atoms with Crippen LogP contribution in [0.2, 0.25) is 5.54 Å². The molecule has 0 saturated carbocycles. The fourth-order valence-corrected chi connectivity index (χ4v) is 5.53. The molecule has 144 valence electrons. The molecule has 0 aliphatic heterocycles. The first-order chi connectivity index (χ1) is 12.1. The van der Waals surface area contributed by atoms with E-state index < -0.39 is 8.53 Å². The Bertz CT molecular complexity index is 611. The largest absolute Gasteiger partial charge is 0.337 e. The molecular formula is C19H32N3O2PSi. The van der Waals surface area contributed by atoms with Crippen molar-refractivity contribution in [3.05, 3.63) is 29.3 Å². The Morgan fingerprint density at radius 1 is 1.12 bits per heavy atom. The maximum absolute atomic E-state index is 9.97. The number of benzene rings is 1. The lowest BCUT2D eigenvalue weighted by molar-refractivity contribution is -0.0215. The van der Waals surface area contributed by atoms with Crippen molar-refractivity contribution in [2.75, 3.05) is 6.54 Å². The molecule has 1 rings (SSSR count). The van der Waals surface area contributed by atoms with E-state index in [2.05, 4.69) is 45.0 Å². The minimum atomic E-state index is -2.29. The molecule has 5 nitrogen and oxygen atoms in total. The second-order valence-electron chi connectivity index (χ2n) is 7.31. The van der Waals surface area contributed by atoms with Gasteiger partial charge < -0.3 is 9.79 Å². The van der Waals surface area contributed by atoms with Crippen molar-refractivity contribution in [3.8, 4) is 6.07 Å². The summed E-state index contributed by atoms with van der Waals surface area (Å²) in [6, 6.07) is 8.93. The maximum Gasteiger partial charge on any atom is 0.268 e. The minimum absolute atomic E-state index is 0.121. The summed E-state index contributed by atoms with van der Waals surface area (Å²) < 4.78 is 1.59. The Morgan fingerprint density at radius 3 is 2.15 bits per heavy atom. The van der Waals surface area contributed by atoms with Crippen LogP contribution in [0.25, 0.3) is 0 Å². The smallest absolute Gasteiger partial charge is 0.268 e. The van der Waals surface area contributed by atoms with Crippen LogP contribution in [-0.2, 0) is 0 Å². The maximum atomic E-state index is 9.97. The minimum Gasteiger partial charge on any atom is -0.337 e. The number of hydrogen-bond acceptors (Lipinski definition) is 5. The molecule has 1 aromatic rings. The Kier molecular flexibility index (Phi) is 9.39. The molecular weight excluding hydrogens is 361 g/mol. The summed E-state index contributed by atoms with van der Waals surface area (Å²) in [6.07, 6.45) is 0. The first-order valence-electron chi connectivity index (χ1n) is 9.06. The number of aryl methyl sites for hydroxylation is 1. The monoisotopic (exact) mass is 393 g/mol. The van der Waals surface area contributed by atoms with E-state index in [1.165, 1.54) is 16.3 Å². The number of rotatable bonds is 9. The van der Waals surface area contributed by atoms with Gasteiger partial charge in [0.05, 0.1) is 21.5 Å². The molecule has 0 aliphatic rings. The molecule has 1 aromatic carbocycles. The van der Waals surface area contributed by atoms with E-state index in [4.69, 9.17) is 0 Å². The van der Waals surface area contributed by atoms with E-state index in [1.54, 1.807) is 4.78 Å². The summed E-state index contributed by atoms with van der Waals surface area (Å²) in [5, 5.41) is 13.0. The van der Waals surface area contributed by atoms with Gasteiger partial charge in [-0.15, -0.1) is 0 Å². The van der Waals surface area contributed by atoms with Crippen molar-refractivity contribution in [3.63, 3.8) is 0 Å². The molecule has 0 bridgehead atoms. The van der Waals surface area contributed by atoms with Gasteiger partial charge in [0.15, 0.2) is 0 Å². The summed E-state index contributed by atoms with van der Waals surface area (Å²) in [5.74, 6) is -0.280. The average molecular weight is 394 g/mol. The average Bonchev–Trinajstić information content (AvgIpc) is 2.54. The number of hydrogen-bond donors (Lipinski definition) is 2. The van der Waals surface area contributed by atoms with E-state index >= 15 is 0 Å². The third-order valence-electron chi connectivity index (χ3n) is 4.65. The second kappa shape index (κ2) is 10.5. The molecule has 0 amide bonds. The zero-order valence-electron chi connectivity index (χ0n) is 16.9. The summed E-state index contributed by atoms with van der Waals surface area (Å²) in [4.78, 5) is 19.9. The fourth-order valence-electron chi connectivity index (χ4n) is 3.13. The predicted octanol–water partition coefficient (Wildman–Crippen LogP) is 3.13. The highest BCUT2D eigenvalue weighted by Crippen LogP contribution is 2.36. The number of hydrazine groups is 1. The second-order valence-corrected chi connectivity index (χ2v) is 10.0. The molecule has 0 aromatic heterocycles. The van der Waals surface area contributed by atoms with Crippen LogP contribution < -0.4 is 5.19 Å². The number of nitriles is 1. The third-order valence-corrected chi connectivity index (χ3v) is 7.14. The lowest BCUT2D eigenvalue weighted by Crippen LogP contribution is -2.49. The van der Waals surface area contributed by atoms with E-state index in [0.717, 1.165) is 0 Å². The molecule has 0 spiro atoms. The van der Waals surface area contributed by atoms with Gasteiger partial charge in [-0.25, -0.2) is 5.01 Å². The summed E-state index contributed by atoms with van der Waals surface area (Å²) >= 11 is 0. The van der Waals surface area contributed by atoms with Crippen molar-refractivity contribution in [1.82, 2.24) is 9.79 Å². The number of nitrogens with zero attached hydrogens (tertiary/aromatic N) is 3. The van der Waals surface area contributed by atoms with Gasteiger partial charge in [0, 0.05) is 18.6 Å². The van der Waals surface area contributed by atoms with E-state index in [0.29, 0.717) is 16.1 Å². The van der Waals surface area contributed by atoms with Gasteiger partial charge in [-0.1, -0.05) is 30.3 Å². The Balaban J connectivity index is 2.98. The van der Waals surface area contributed by atoms with Gasteiger partial charge in [-0.05, 0) is 58.2 Å². The molecule has 0 heterocycles. The van der Waals surface area contributed by atoms with Gasteiger partial charge in [0.2, 0.25) is 0 Å². The van der Waals surface area contributed by atoms with Crippen LogP contribution in [0.4, 0.5) is 0 Å². The van der Waals surface area contributed by atoms with Crippen LogP contribution in [0.1, 0.15) is 45.7 Å². The van der Waals surface area contributed by atoms with Crippen LogP contribution in [0.3, 0.4) is 0 Å². The highest BCUT2D eigenvalue weighted by atomic mass is 31.2. The van der Waals surface area contributed by atoms with Gasteiger partial charge in [0.25, 0.3) is 8.53 Å². The lowest BCUT2D eigenvalue weighted by atomic mass is 10.1. The van der Waals surface area contributed by atoms with E-state index in [-0.39, 0.29) is 23.5 Å². The zero-order valence-corrected chi connectivity index (χ0v) is 18.8. The van der Waals surface area contributed by atoms with Crippen LogP contribution in [-0.4, -0.2) is 47.7 Å². The summed E-state index contributed by atoms with van der Waals surface area (Å²) in [6.45, 7) is 14.7. The van der Waals surface area contributed by atoms with Gasteiger partial charge >= 0.3 is 0 Å². The zero-order chi connectivity index (χ0) is 20.0. The van der Waals surface area contributed by atoms with Crippen molar-refractivity contribution in [2.45, 2.75) is 66.1 Å². The van der Waals surface area contributed by atoms with Crippen LogP contribution in [0.15, 0.2) is 18.2 Å². The molecule has 0 aliphatic carbocycles. The lowest BCUT2D eigenvalue weighted by Gasteiger charge is -2.41.